The third-order valence-electron chi connectivity index (χ3n) is 2.38. The Morgan fingerprint density at radius 1 is 1.42 bits per heavy atom. The minimum absolute atomic E-state index is 0.140. The molecule has 0 aliphatic carbocycles. The van der Waals surface area contributed by atoms with Gasteiger partial charge in [0.1, 0.15) is 10.7 Å². The van der Waals surface area contributed by atoms with Crippen LogP contribution in [-0.2, 0) is 6.42 Å². The molecule has 0 unspecified atom stereocenters. The molecule has 7 heteroatoms. The average Bonchev–Trinajstić information content (AvgIpc) is 2.95. The van der Waals surface area contributed by atoms with Crippen LogP contribution in [0.15, 0.2) is 41.1 Å². The van der Waals surface area contributed by atoms with E-state index in [9.17, 15) is 4.79 Å². The first-order chi connectivity index (χ1) is 9.19. The Morgan fingerprint density at radius 2 is 2.16 bits per heavy atom. The van der Waals surface area contributed by atoms with E-state index in [2.05, 4.69) is 15.5 Å². The van der Waals surface area contributed by atoms with Crippen molar-refractivity contribution in [1.82, 2.24) is 4.98 Å². The molecule has 0 saturated carbocycles. The van der Waals surface area contributed by atoms with E-state index >= 15 is 0 Å². The number of amides is 1. The summed E-state index contributed by atoms with van der Waals surface area (Å²) in [7, 11) is 0. The number of thiazole rings is 1. The zero-order chi connectivity index (χ0) is 13.7. The van der Waals surface area contributed by atoms with Crippen molar-refractivity contribution in [2.75, 3.05) is 5.32 Å². The SMILES string of the molecule is N/C(Cc1ccc(NC(=O)c2cncs2)cc1)=N/O. The van der Waals surface area contributed by atoms with E-state index in [1.807, 2.05) is 0 Å². The summed E-state index contributed by atoms with van der Waals surface area (Å²) in [6.45, 7) is 0. The number of benzene rings is 1. The molecular weight excluding hydrogens is 264 g/mol. The lowest BCUT2D eigenvalue weighted by atomic mass is 10.1. The summed E-state index contributed by atoms with van der Waals surface area (Å²) in [5.74, 6) is -0.0480. The Balaban J connectivity index is 2.01. The second-order valence-electron chi connectivity index (χ2n) is 3.78. The number of aromatic nitrogens is 1. The fraction of sp³-hybridized carbons (Fsp3) is 0.0833. The largest absolute Gasteiger partial charge is 0.409 e. The van der Waals surface area contributed by atoms with Gasteiger partial charge in [0.25, 0.3) is 5.91 Å². The molecule has 1 aromatic carbocycles. The number of amidine groups is 1. The van der Waals surface area contributed by atoms with E-state index < -0.39 is 0 Å². The molecule has 19 heavy (non-hydrogen) atoms. The first kappa shape index (κ1) is 13.0. The summed E-state index contributed by atoms with van der Waals surface area (Å²) in [6.07, 6.45) is 1.88. The van der Waals surface area contributed by atoms with Crippen molar-refractivity contribution in [3.8, 4) is 0 Å². The maximum atomic E-state index is 11.8. The van der Waals surface area contributed by atoms with Crippen LogP contribution >= 0.6 is 11.3 Å². The van der Waals surface area contributed by atoms with Gasteiger partial charge in [-0.1, -0.05) is 17.3 Å². The number of nitrogens with one attached hydrogen (secondary N) is 1. The first-order valence-electron chi connectivity index (χ1n) is 5.44. The number of nitrogens with two attached hydrogens (primary N) is 1. The number of carbonyl (C=O) groups excluding carboxylic acids is 1. The Bertz CT molecular complexity index is 578. The van der Waals surface area contributed by atoms with Crippen LogP contribution in [-0.4, -0.2) is 21.9 Å². The van der Waals surface area contributed by atoms with Gasteiger partial charge in [0.05, 0.1) is 11.7 Å². The van der Waals surface area contributed by atoms with Gasteiger partial charge in [-0.3, -0.25) is 9.78 Å². The van der Waals surface area contributed by atoms with Crippen LogP contribution in [0.5, 0.6) is 0 Å². The topological polar surface area (TPSA) is 101 Å². The van der Waals surface area contributed by atoms with E-state index in [1.54, 1.807) is 29.8 Å². The van der Waals surface area contributed by atoms with Crippen molar-refractivity contribution < 1.29 is 10.0 Å². The fourth-order valence-electron chi connectivity index (χ4n) is 1.47. The van der Waals surface area contributed by atoms with Crippen LogP contribution in [0.1, 0.15) is 15.2 Å². The van der Waals surface area contributed by atoms with Gasteiger partial charge in [-0.25, -0.2) is 0 Å². The van der Waals surface area contributed by atoms with E-state index in [1.165, 1.54) is 17.5 Å². The maximum absolute atomic E-state index is 11.8. The molecule has 0 fully saturated rings. The predicted octanol–water partition coefficient (Wildman–Crippen LogP) is 1.68. The highest BCUT2D eigenvalue weighted by Crippen LogP contribution is 2.13. The van der Waals surface area contributed by atoms with Crippen molar-refractivity contribution in [1.29, 1.82) is 0 Å². The van der Waals surface area contributed by atoms with Crippen LogP contribution in [0, 0.1) is 0 Å². The number of hydrogen-bond donors (Lipinski definition) is 3. The highest BCUT2D eigenvalue weighted by molar-refractivity contribution is 7.11. The molecule has 0 aliphatic heterocycles. The molecule has 0 bridgehead atoms. The second kappa shape index (κ2) is 5.96. The molecule has 0 atom stereocenters. The molecule has 1 aromatic heterocycles. The molecular formula is C12H12N4O2S. The van der Waals surface area contributed by atoms with Gasteiger partial charge in [-0.05, 0) is 17.7 Å². The molecule has 98 valence electrons. The molecule has 6 nitrogen and oxygen atoms in total. The lowest BCUT2D eigenvalue weighted by Gasteiger charge is -2.05. The molecule has 1 heterocycles. The van der Waals surface area contributed by atoms with Crippen molar-refractivity contribution in [2.24, 2.45) is 10.9 Å². The number of anilines is 1. The standard InChI is InChI=1S/C12H12N4O2S/c13-11(16-18)5-8-1-3-9(4-2-8)15-12(17)10-6-14-7-19-10/h1-4,6-7,18H,5H2,(H2,13,16)(H,15,17). The van der Waals surface area contributed by atoms with E-state index in [-0.39, 0.29) is 11.7 Å². The zero-order valence-electron chi connectivity index (χ0n) is 9.91. The third kappa shape index (κ3) is 3.52. The summed E-state index contributed by atoms with van der Waals surface area (Å²) < 4.78 is 0. The first-order valence-corrected chi connectivity index (χ1v) is 6.32. The highest BCUT2D eigenvalue weighted by atomic mass is 32.1. The Labute approximate surface area is 113 Å². The molecule has 0 saturated heterocycles. The van der Waals surface area contributed by atoms with Crippen molar-refractivity contribution in [3.05, 3.63) is 46.4 Å². The fourth-order valence-corrected chi connectivity index (χ4v) is 1.99. The van der Waals surface area contributed by atoms with Crippen LogP contribution < -0.4 is 11.1 Å². The predicted molar refractivity (Wildman–Crippen MR) is 73.6 cm³/mol. The smallest absolute Gasteiger partial charge is 0.267 e. The van der Waals surface area contributed by atoms with Gasteiger partial charge in [-0.15, -0.1) is 11.3 Å². The molecule has 0 radical (unpaired) electrons. The monoisotopic (exact) mass is 276 g/mol. The minimum atomic E-state index is -0.188. The highest BCUT2D eigenvalue weighted by Gasteiger charge is 2.07. The summed E-state index contributed by atoms with van der Waals surface area (Å²) >= 11 is 1.28. The molecule has 0 spiro atoms. The molecule has 2 aromatic rings. The van der Waals surface area contributed by atoms with Crippen molar-refractivity contribution >= 4 is 28.8 Å². The zero-order valence-corrected chi connectivity index (χ0v) is 10.7. The maximum Gasteiger partial charge on any atom is 0.267 e. The summed E-state index contributed by atoms with van der Waals surface area (Å²) in [4.78, 5) is 16.2. The average molecular weight is 276 g/mol. The normalized spacial score (nSPS) is 11.3. The Morgan fingerprint density at radius 3 is 2.74 bits per heavy atom. The van der Waals surface area contributed by atoms with Gasteiger partial charge in [0.2, 0.25) is 0 Å². The second-order valence-corrected chi connectivity index (χ2v) is 4.67. The summed E-state index contributed by atoms with van der Waals surface area (Å²) in [6, 6.07) is 7.14. The quantitative estimate of drug-likeness (QED) is 0.342. The Hall–Kier alpha value is -2.41. The number of oxime groups is 1. The van der Waals surface area contributed by atoms with Gasteiger partial charge in [0.15, 0.2) is 0 Å². The number of rotatable bonds is 4. The van der Waals surface area contributed by atoms with Crippen LogP contribution in [0.3, 0.4) is 0 Å². The van der Waals surface area contributed by atoms with E-state index in [0.717, 1.165) is 5.56 Å². The van der Waals surface area contributed by atoms with Gasteiger partial charge >= 0.3 is 0 Å². The van der Waals surface area contributed by atoms with Gasteiger partial charge in [-0.2, -0.15) is 0 Å². The molecule has 0 aliphatic rings. The van der Waals surface area contributed by atoms with Gasteiger partial charge < -0.3 is 16.3 Å². The number of nitrogens with zero attached hydrogens (tertiary/aromatic N) is 2. The van der Waals surface area contributed by atoms with Crippen LogP contribution in [0.4, 0.5) is 5.69 Å². The molecule has 1 amide bonds. The molecule has 2 rings (SSSR count). The number of carbonyl (C=O) groups is 1. The third-order valence-corrected chi connectivity index (χ3v) is 3.15. The lowest BCUT2D eigenvalue weighted by Crippen LogP contribution is -2.14. The minimum Gasteiger partial charge on any atom is -0.409 e. The van der Waals surface area contributed by atoms with Crippen LogP contribution in [0.2, 0.25) is 0 Å². The summed E-state index contributed by atoms with van der Waals surface area (Å²) in [5, 5.41) is 14.1. The van der Waals surface area contributed by atoms with Crippen molar-refractivity contribution in [2.45, 2.75) is 6.42 Å². The lowest BCUT2D eigenvalue weighted by molar-refractivity contribution is 0.103. The molecule has 4 N–H and O–H groups in total. The van der Waals surface area contributed by atoms with Crippen LogP contribution in [0.25, 0.3) is 0 Å². The van der Waals surface area contributed by atoms with E-state index in [4.69, 9.17) is 10.9 Å². The number of hydrogen-bond acceptors (Lipinski definition) is 5. The Kier molecular flexibility index (Phi) is 4.09. The van der Waals surface area contributed by atoms with Crippen molar-refractivity contribution in [3.63, 3.8) is 0 Å². The van der Waals surface area contributed by atoms with Gasteiger partial charge in [0, 0.05) is 12.1 Å². The van der Waals surface area contributed by atoms with E-state index in [0.29, 0.717) is 17.0 Å². The summed E-state index contributed by atoms with van der Waals surface area (Å²) in [5.41, 5.74) is 8.60.